The van der Waals surface area contributed by atoms with Crippen LogP contribution in [0.4, 0.5) is 13.2 Å². The van der Waals surface area contributed by atoms with E-state index >= 15 is 0 Å². The van der Waals surface area contributed by atoms with Gasteiger partial charge in [0.25, 0.3) is 11.1 Å². The number of fused-ring (bicyclic) bond motifs is 1. The Bertz CT molecular complexity index is 1180. The molecular weight excluding hydrogens is 429 g/mol. The number of nitrogens with one attached hydrogen (secondary N) is 2. The lowest BCUT2D eigenvalue weighted by Crippen LogP contribution is -2.53. The highest BCUT2D eigenvalue weighted by molar-refractivity contribution is 5.79. The number of hydrogen-bond acceptors (Lipinski definition) is 6. The molecule has 2 aromatic rings. The average Bonchev–Trinajstić information content (AvgIpc) is 2.64. The number of carboxylic acids is 1. The van der Waals surface area contributed by atoms with Crippen LogP contribution in [0.1, 0.15) is 13.8 Å². The summed E-state index contributed by atoms with van der Waals surface area (Å²) in [6, 6.07) is -0.614. The fraction of sp³-hybridized carbons (Fsp3) is 0.471. The Morgan fingerprint density at radius 2 is 1.77 bits per heavy atom. The van der Waals surface area contributed by atoms with Crippen LogP contribution in [0, 0.1) is 5.92 Å². The maximum atomic E-state index is 12.8. The molecule has 1 amide bonds. The van der Waals surface area contributed by atoms with Crippen LogP contribution >= 0.6 is 0 Å². The van der Waals surface area contributed by atoms with Gasteiger partial charge in [0.2, 0.25) is 5.91 Å². The molecule has 0 aliphatic heterocycles. The quantitative estimate of drug-likeness (QED) is 0.422. The molecule has 0 bridgehead atoms. The van der Waals surface area contributed by atoms with Crippen molar-refractivity contribution in [2.45, 2.75) is 45.3 Å². The molecule has 2 heterocycles. The Morgan fingerprint density at radius 1 is 1.16 bits per heavy atom. The molecule has 0 aliphatic rings. The van der Waals surface area contributed by atoms with Crippen molar-refractivity contribution in [1.82, 2.24) is 19.4 Å². The van der Waals surface area contributed by atoms with Crippen molar-refractivity contribution in [2.24, 2.45) is 5.92 Å². The topological polar surface area (TPSA) is 163 Å². The molecule has 0 spiro atoms. The number of rotatable bonds is 7. The van der Waals surface area contributed by atoms with Crippen molar-refractivity contribution in [2.75, 3.05) is 0 Å². The maximum Gasteiger partial charge on any atom is 0.416 e. The number of halogens is 3. The lowest BCUT2D eigenvalue weighted by atomic mass is 9.98. The summed E-state index contributed by atoms with van der Waals surface area (Å²) in [6.07, 6.45) is -6.80. The van der Waals surface area contributed by atoms with Crippen LogP contribution in [-0.4, -0.2) is 54.5 Å². The predicted octanol–water partition coefficient (Wildman–Crippen LogP) is -1.000. The van der Waals surface area contributed by atoms with Gasteiger partial charge >= 0.3 is 17.8 Å². The Balaban J connectivity index is 2.38. The molecule has 11 nitrogen and oxygen atoms in total. The number of carbonyl (C=O) groups excluding carboxylic acids is 1. The Morgan fingerprint density at radius 3 is 2.29 bits per heavy atom. The highest BCUT2D eigenvalue weighted by Gasteiger charge is 2.45. The number of hydrogen-bond donors (Lipinski definition) is 4. The highest BCUT2D eigenvalue weighted by Crippen LogP contribution is 2.25. The molecule has 170 valence electrons. The second-order valence-electron chi connectivity index (χ2n) is 7.08. The molecule has 0 saturated heterocycles. The van der Waals surface area contributed by atoms with E-state index in [-0.39, 0.29) is 5.39 Å². The van der Waals surface area contributed by atoms with Crippen LogP contribution in [0.25, 0.3) is 10.9 Å². The number of carbonyl (C=O) groups is 2. The molecule has 31 heavy (non-hydrogen) atoms. The minimum absolute atomic E-state index is 0.310. The van der Waals surface area contributed by atoms with Crippen molar-refractivity contribution in [1.29, 1.82) is 0 Å². The number of amides is 1. The number of aliphatic hydroxyl groups excluding tert-OH is 1. The SMILES string of the molecule is CC(C)C(NC(=O)Cn1ccc2c(=O)n(CC(=O)O)c(=O)[nH]c2c1=O)C(O)C(F)(F)F. The number of aliphatic hydroxyl groups is 1. The summed E-state index contributed by atoms with van der Waals surface area (Å²) in [5.41, 5.74) is -3.69. The van der Waals surface area contributed by atoms with Crippen molar-refractivity contribution >= 4 is 22.8 Å². The van der Waals surface area contributed by atoms with Crippen molar-refractivity contribution in [3.05, 3.63) is 43.5 Å². The van der Waals surface area contributed by atoms with E-state index in [1.165, 1.54) is 13.8 Å². The molecule has 0 saturated carbocycles. The van der Waals surface area contributed by atoms with E-state index in [4.69, 9.17) is 5.11 Å². The number of aromatic nitrogens is 3. The van der Waals surface area contributed by atoms with Gasteiger partial charge in [-0.1, -0.05) is 13.8 Å². The molecule has 0 aromatic carbocycles. The van der Waals surface area contributed by atoms with E-state index in [2.05, 4.69) is 4.98 Å². The first-order valence-corrected chi connectivity index (χ1v) is 8.86. The van der Waals surface area contributed by atoms with Gasteiger partial charge in [-0.05, 0) is 12.0 Å². The molecule has 2 aromatic heterocycles. The molecule has 2 unspecified atom stereocenters. The second kappa shape index (κ2) is 8.75. The lowest BCUT2D eigenvalue weighted by molar-refractivity contribution is -0.215. The third kappa shape index (κ3) is 5.20. The third-order valence-corrected chi connectivity index (χ3v) is 4.45. The summed E-state index contributed by atoms with van der Waals surface area (Å²) < 4.78 is 39.5. The number of nitrogens with zero attached hydrogens (tertiary/aromatic N) is 2. The van der Waals surface area contributed by atoms with Crippen LogP contribution in [0.5, 0.6) is 0 Å². The monoisotopic (exact) mass is 448 g/mol. The molecular formula is C17H19F3N4O7. The van der Waals surface area contributed by atoms with Gasteiger partial charge in [-0.3, -0.25) is 19.2 Å². The minimum atomic E-state index is -4.97. The van der Waals surface area contributed by atoms with E-state index in [1.807, 2.05) is 5.32 Å². The molecule has 4 N–H and O–H groups in total. The second-order valence-corrected chi connectivity index (χ2v) is 7.08. The van der Waals surface area contributed by atoms with Gasteiger partial charge in [0.05, 0.1) is 11.4 Å². The number of aliphatic carboxylic acids is 1. The standard InChI is InChI=1S/C17H19F3N4O7/c1-7(2)11(13(28)17(18,19)20)21-9(25)5-23-4-3-8-12(15(23)30)22-16(31)24(14(8)29)6-10(26)27/h3-4,7,11,13,28H,5-6H2,1-2H3,(H,21,25)(H,22,31)(H,26,27). The summed E-state index contributed by atoms with van der Waals surface area (Å²) in [4.78, 5) is 61.8. The number of carboxylic acid groups (broad SMARTS) is 1. The molecule has 0 aliphatic carbocycles. The first-order valence-electron chi connectivity index (χ1n) is 8.86. The van der Waals surface area contributed by atoms with Gasteiger partial charge in [-0.15, -0.1) is 0 Å². The molecule has 0 fully saturated rings. The van der Waals surface area contributed by atoms with Gasteiger partial charge < -0.3 is 25.1 Å². The van der Waals surface area contributed by atoms with Crippen LogP contribution in [0.15, 0.2) is 26.6 Å². The van der Waals surface area contributed by atoms with Crippen molar-refractivity contribution in [3.63, 3.8) is 0 Å². The van der Waals surface area contributed by atoms with E-state index in [0.29, 0.717) is 4.57 Å². The normalized spacial score (nSPS) is 13.9. The lowest BCUT2D eigenvalue weighted by Gasteiger charge is -2.28. The van der Waals surface area contributed by atoms with Gasteiger partial charge in [-0.25, -0.2) is 9.36 Å². The fourth-order valence-electron chi connectivity index (χ4n) is 2.89. The zero-order valence-corrected chi connectivity index (χ0v) is 16.3. The van der Waals surface area contributed by atoms with E-state index < -0.39 is 71.5 Å². The number of aromatic amines is 1. The van der Waals surface area contributed by atoms with Crippen LogP contribution in [0.3, 0.4) is 0 Å². The maximum absolute atomic E-state index is 12.8. The Kier molecular flexibility index (Phi) is 6.73. The first-order chi connectivity index (χ1) is 14.2. The highest BCUT2D eigenvalue weighted by atomic mass is 19.4. The van der Waals surface area contributed by atoms with Crippen LogP contribution in [0.2, 0.25) is 0 Å². The van der Waals surface area contributed by atoms with Crippen LogP contribution < -0.4 is 22.1 Å². The Hall–Kier alpha value is -3.42. The van der Waals surface area contributed by atoms with Crippen LogP contribution in [-0.2, 0) is 22.7 Å². The molecule has 2 rings (SSSR count). The zero-order chi connectivity index (χ0) is 23.7. The van der Waals surface area contributed by atoms with E-state index in [9.17, 15) is 42.3 Å². The summed E-state index contributed by atoms with van der Waals surface area (Å²) in [5, 5.41) is 19.9. The molecule has 0 radical (unpaired) electrons. The average molecular weight is 448 g/mol. The number of alkyl halides is 3. The largest absolute Gasteiger partial charge is 0.480 e. The summed E-state index contributed by atoms with van der Waals surface area (Å²) in [6.45, 7) is 1.01. The fourth-order valence-corrected chi connectivity index (χ4v) is 2.89. The minimum Gasteiger partial charge on any atom is -0.480 e. The third-order valence-electron chi connectivity index (χ3n) is 4.45. The van der Waals surface area contributed by atoms with E-state index in [1.54, 1.807) is 0 Å². The van der Waals surface area contributed by atoms with Crippen molar-refractivity contribution in [3.8, 4) is 0 Å². The number of H-pyrrole nitrogens is 1. The van der Waals surface area contributed by atoms with E-state index in [0.717, 1.165) is 16.8 Å². The predicted molar refractivity (Wildman–Crippen MR) is 99.6 cm³/mol. The summed E-state index contributed by atoms with van der Waals surface area (Å²) in [7, 11) is 0. The zero-order valence-electron chi connectivity index (χ0n) is 16.3. The molecule has 2 atom stereocenters. The number of pyridine rings is 1. The van der Waals surface area contributed by atoms with Crippen molar-refractivity contribution < 1.29 is 33.0 Å². The van der Waals surface area contributed by atoms with Gasteiger partial charge in [0.15, 0.2) is 6.10 Å². The van der Waals surface area contributed by atoms with Gasteiger partial charge in [-0.2, -0.15) is 13.2 Å². The van der Waals surface area contributed by atoms with Gasteiger partial charge in [0.1, 0.15) is 18.6 Å². The summed E-state index contributed by atoms with van der Waals surface area (Å²) >= 11 is 0. The smallest absolute Gasteiger partial charge is 0.416 e. The van der Waals surface area contributed by atoms with Gasteiger partial charge in [0, 0.05) is 6.20 Å². The molecule has 14 heteroatoms. The first kappa shape index (κ1) is 23.9. The summed E-state index contributed by atoms with van der Waals surface area (Å²) in [5.74, 6) is -3.28. The Labute approximate surface area is 170 Å².